The van der Waals surface area contributed by atoms with E-state index in [-0.39, 0.29) is 12.1 Å². The molecule has 0 saturated carbocycles. The lowest BCUT2D eigenvalue weighted by Gasteiger charge is -2.09. The van der Waals surface area contributed by atoms with Crippen LogP contribution in [0.25, 0.3) is 10.2 Å². The lowest BCUT2D eigenvalue weighted by atomic mass is 10.2. The number of pyridine rings is 1. The summed E-state index contributed by atoms with van der Waals surface area (Å²) in [5.41, 5.74) is 0.139. The van der Waals surface area contributed by atoms with E-state index in [4.69, 9.17) is 0 Å². The third-order valence-electron chi connectivity index (χ3n) is 3.05. The number of rotatable bonds is 3. The van der Waals surface area contributed by atoms with Crippen LogP contribution >= 0.6 is 22.7 Å². The minimum absolute atomic E-state index is 0.198. The largest absolute Gasteiger partial charge is 0.502 e. The average Bonchev–Trinajstić information content (AvgIpc) is 3.03. The molecular formula is C13H10N2O4S2. The average molecular weight is 322 g/mol. The quantitative estimate of drug-likeness (QED) is 0.772. The maximum Gasteiger partial charge on any atom is 0.341 e. The monoisotopic (exact) mass is 322 g/mol. The van der Waals surface area contributed by atoms with Gasteiger partial charge >= 0.3 is 5.97 Å². The molecule has 6 nitrogen and oxygen atoms in total. The molecule has 3 aromatic heterocycles. The maximum absolute atomic E-state index is 12.2. The van der Waals surface area contributed by atoms with Crippen LogP contribution in [0.5, 0.6) is 5.75 Å². The number of carboxylic acids is 1. The molecule has 0 bridgehead atoms. The highest BCUT2D eigenvalue weighted by Crippen LogP contribution is 2.29. The van der Waals surface area contributed by atoms with Crippen LogP contribution in [-0.2, 0) is 6.54 Å². The molecule has 3 heterocycles. The molecule has 0 spiro atoms. The van der Waals surface area contributed by atoms with Gasteiger partial charge in [-0.3, -0.25) is 9.36 Å². The Hall–Kier alpha value is -2.19. The number of aromatic nitrogens is 2. The molecule has 3 aromatic rings. The molecule has 0 aliphatic carbocycles. The molecule has 0 fully saturated rings. The van der Waals surface area contributed by atoms with Crippen molar-refractivity contribution in [3.8, 4) is 5.75 Å². The van der Waals surface area contributed by atoms with Gasteiger partial charge in [0.15, 0.2) is 5.75 Å². The number of aryl methyl sites for hydroxylation is 1. The molecule has 0 radical (unpaired) electrons. The van der Waals surface area contributed by atoms with E-state index in [1.54, 1.807) is 11.4 Å². The molecule has 0 aromatic carbocycles. The number of carbonyl (C=O) groups is 1. The second-order valence-corrected chi connectivity index (χ2v) is 6.39. The van der Waals surface area contributed by atoms with Crippen molar-refractivity contribution in [3.05, 3.63) is 43.4 Å². The Bertz CT molecular complexity index is 907. The van der Waals surface area contributed by atoms with E-state index in [1.807, 2.05) is 12.3 Å². The van der Waals surface area contributed by atoms with E-state index in [0.717, 1.165) is 5.01 Å². The van der Waals surface area contributed by atoms with Crippen molar-refractivity contribution in [2.45, 2.75) is 13.5 Å². The number of hydrogen-bond donors (Lipinski definition) is 2. The standard InChI is InChI=1S/C13H10N2O4S2/c1-6-14-7(5-21-6)4-15-8-2-3-20-11(8)9(13(18)19)10(16)12(15)17/h2-3,5,16H,4H2,1H3,(H,18,19). The summed E-state index contributed by atoms with van der Waals surface area (Å²) in [7, 11) is 0. The first kappa shape index (κ1) is 13.8. The summed E-state index contributed by atoms with van der Waals surface area (Å²) >= 11 is 2.65. The van der Waals surface area contributed by atoms with Crippen LogP contribution in [0.1, 0.15) is 21.1 Å². The highest BCUT2D eigenvalue weighted by Gasteiger charge is 2.22. The van der Waals surface area contributed by atoms with Gasteiger partial charge in [0.05, 0.1) is 27.5 Å². The van der Waals surface area contributed by atoms with E-state index >= 15 is 0 Å². The first-order chi connectivity index (χ1) is 9.99. The molecule has 0 unspecified atom stereocenters. The minimum Gasteiger partial charge on any atom is -0.502 e. The van der Waals surface area contributed by atoms with Crippen molar-refractivity contribution in [1.82, 2.24) is 9.55 Å². The lowest BCUT2D eigenvalue weighted by molar-refractivity contribution is 0.0695. The molecule has 0 aliphatic heterocycles. The third kappa shape index (κ3) is 2.22. The van der Waals surface area contributed by atoms with Crippen LogP contribution in [0.15, 0.2) is 21.6 Å². The molecule has 0 amide bonds. The normalized spacial score (nSPS) is 11.1. The van der Waals surface area contributed by atoms with E-state index in [0.29, 0.717) is 15.9 Å². The maximum atomic E-state index is 12.2. The van der Waals surface area contributed by atoms with Gasteiger partial charge in [-0.2, -0.15) is 0 Å². The molecule has 8 heteroatoms. The topological polar surface area (TPSA) is 92.4 Å². The van der Waals surface area contributed by atoms with Crippen LogP contribution in [0.2, 0.25) is 0 Å². The molecule has 0 aliphatic rings. The highest BCUT2D eigenvalue weighted by atomic mass is 32.1. The Kier molecular flexibility index (Phi) is 3.26. The van der Waals surface area contributed by atoms with Gasteiger partial charge in [0.1, 0.15) is 5.56 Å². The van der Waals surface area contributed by atoms with Crippen molar-refractivity contribution < 1.29 is 15.0 Å². The summed E-state index contributed by atoms with van der Waals surface area (Å²) in [6.45, 7) is 2.06. The summed E-state index contributed by atoms with van der Waals surface area (Å²) in [5, 5.41) is 23.5. The summed E-state index contributed by atoms with van der Waals surface area (Å²) in [4.78, 5) is 27.8. The summed E-state index contributed by atoms with van der Waals surface area (Å²) in [6.07, 6.45) is 0. The van der Waals surface area contributed by atoms with Crippen LogP contribution in [0, 0.1) is 6.92 Å². The van der Waals surface area contributed by atoms with E-state index in [2.05, 4.69) is 4.98 Å². The van der Waals surface area contributed by atoms with E-state index in [9.17, 15) is 19.8 Å². The highest BCUT2D eigenvalue weighted by molar-refractivity contribution is 7.17. The third-order valence-corrected chi connectivity index (χ3v) is 4.79. The number of fused-ring (bicyclic) bond motifs is 1. The molecule has 2 N–H and O–H groups in total. The van der Waals surface area contributed by atoms with Gasteiger partial charge < -0.3 is 10.2 Å². The Morgan fingerprint density at radius 1 is 1.43 bits per heavy atom. The number of thiophene rings is 1. The fourth-order valence-electron chi connectivity index (χ4n) is 2.15. The van der Waals surface area contributed by atoms with Gasteiger partial charge in [-0.1, -0.05) is 0 Å². The predicted molar refractivity (Wildman–Crippen MR) is 80.7 cm³/mol. The second kappa shape index (κ2) is 4.97. The smallest absolute Gasteiger partial charge is 0.341 e. The van der Waals surface area contributed by atoms with Crippen molar-refractivity contribution in [2.75, 3.05) is 0 Å². The Morgan fingerprint density at radius 2 is 2.19 bits per heavy atom. The number of carboxylic acid groups (broad SMARTS) is 1. The Labute approximate surface area is 126 Å². The van der Waals surface area contributed by atoms with Gasteiger partial charge in [0, 0.05) is 5.38 Å². The van der Waals surface area contributed by atoms with Crippen molar-refractivity contribution in [1.29, 1.82) is 0 Å². The lowest BCUT2D eigenvalue weighted by Crippen LogP contribution is -2.23. The number of aromatic carboxylic acids is 1. The van der Waals surface area contributed by atoms with Gasteiger partial charge in [-0.15, -0.1) is 22.7 Å². The fourth-order valence-corrected chi connectivity index (χ4v) is 3.69. The van der Waals surface area contributed by atoms with E-state index in [1.165, 1.54) is 27.2 Å². The molecular weight excluding hydrogens is 312 g/mol. The fraction of sp³-hybridized carbons (Fsp3) is 0.154. The Balaban J connectivity index is 2.26. The van der Waals surface area contributed by atoms with Gasteiger partial charge in [0.2, 0.25) is 0 Å². The molecule has 0 saturated heterocycles. The number of hydrogen-bond acceptors (Lipinski definition) is 6. The van der Waals surface area contributed by atoms with Gasteiger partial charge in [-0.05, 0) is 18.4 Å². The van der Waals surface area contributed by atoms with Gasteiger partial charge in [0.25, 0.3) is 5.56 Å². The zero-order valence-corrected chi connectivity index (χ0v) is 12.5. The van der Waals surface area contributed by atoms with Crippen LogP contribution < -0.4 is 5.56 Å². The first-order valence-electron chi connectivity index (χ1n) is 5.96. The second-order valence-electron chi connectivity index (χ2n) is 4.41. The molecule has 3 rings (SSSR count). The summed E-state index contributed by atoms with van der Waals surface area (Å²) in [6, 6.07) is 1.67. The SMILES string of the molecule is Cc1nc(Cn2c(=O)c(O)c(C(=O)O)c3sccc32)cs1. The molecule has 21 heavy (non-hydrogen) atoms. The van der Waals surface area contributed by atoms with Crippen LogP contribution in [-0.4, -0.2) is 25.7 Å². The summed E-state index contributed by atoms with van der Waals surface area (Å²) in [5.74, 6) is -2.04. The minimum atomic E-state index is -1.31. The number of aromatic hydroxyl groups is 1. The number of thiazole rings is 1. The zero-order chi connectivity index (χ0) is 15.1. The predicted octanol–water partition coefficient (Wildman–Crippen LogP) is 2.28. The van der Waals surface area contributed by atoms with Crippen LogP contribution in [0.4, 0.5) is 0 Å². The van der Waals surface area contributed by atoms with Crippen molar-refractivity contribution in [2.24, 2.45) is 0 Å². The van der Waals surface area contributed by atoms with Crippen molar-refractivity contribution in [3.63, 3.8) is 0 Å². The zero-order valence-electron chi connectivity index (χ0n) is 10.9. The molecule has 108 valence electrons. The Morgan fingerprint density at radius 3 is 2.81 bits per heavy atom. The number of nitrogens with zero attached hydrogens (tertiary/aromatic N) is 2. The molecule has 0 atom stereocenters. The van der Waals surface area contributed by atoms with Crippen molar-refractivity contribution >= 4 is 38.9 Å². The van der Waals surface area contributed by atoms with Gasteiger partial charge in [-0.25, -0.2) is 9.78 Å². The summed E-state index contributed by atoms with van der Waals surface area (Å²) < 4.78 is 1.73. The van der Waals surface area contributed by atoms with Crippen LogP contribution in [0.3, 0.4) is 0 Å². The van der Waals surface area contributed by atoms with E-state index < -0.39 is 17.3 Å². The first-order valence-corrected chi connectivity index (χ1v) is 7.72.